The van der Waals surface area contributed by atoms with Gasteiger partial charge in [0.2, 0.25) is 0 Å². The first-order valence-corrected chi connectivity index (χ1v) is 7.68. The molecule has 0 N–H and O–H groups in total. The number of amides is 1. The zero-order valence-corrected chi connectivity index (χ0v) is 13.8. The third kappa shape index (κ3) is 4.81. The Morgan fingerprint density at radius 2 is 1.67 bits per heavy atom. The number of benzene rings is 2. The highest BCUT2D eigenvalue weighted by atomic mass is 16.6. The number of rotatable bonds is 7. The summed E-state index contributed by atoms with van der Waals surface area (Å²) in [5.74, 6) is 0.266. The molecule has 0 radical (unpaired) electrons. The molecule has 2 aromatic carbocycles. The number of non-ortho nitro benzene ring substituents is 1. The van der Waals surface area contributed by atoms with Gasteiger partial charge < -0.3 is 9.64 Å². The van der Waals surface area contributed by atoms with E-state index in [1.54, 1.807) is 11.9 Å². The number of hydrogen-bond acceptors (Lipinski definition) is 4. The molecule has 0 atom stereocenters. The smallest absolute Gasteiger partial charge is 0.269 e. The molecule has 0 fully saturated rings. The second-order valence-corrected chi connectivity index (χ2v) is 5.46. The quantitative estimate of drug-likeness (QED) is 0.578. The van der Waals surface area contributed by atoms with Crippen molar-refractivity contribution in [1.29, 1.82) is 0 Å². The maximum Gasteiger partial charge on any atom is 0.269 e. The van der Waals surface area contributed by atoms with Gasteiger partial charge in [-0.05, 0) is 29.7 Å². The molecule has 0 saturated carbocycles. The molecule has 126 valence electrons. The number of ether oxygens (including phenoxy) is 1. The van der Waals surface area contributed by atoms with E-state index in [1.165, 1.54) is 29.8 Å². The number of carbonyl (C=O) groups is 1. The number of nitro groups is 1. The maximum atomic E-state index is 12.1. The van der Waals surface area contributed by atoms with Gasteiger partial charge in [0, 0.05) is 25.7 Å². The van der Waals surface area contributed by atoms with Gasteiger partial charge in [0.1, 0.15) is 5.75 Å². The molecule has 0 bridgehead atoms. The Bertz CT molecular complexity index is 696. The number of hydrogen-bond donors (Lipinski definition) is 0. The van der Waals surface area contributed by atoms with Crippen molar-refractivity contribution >= 4 is 11.6 Å². The molecule has 1 amide bonds. The summed E-state index contributed by atoms with van der Waals surface area (Å²) in [6.07, 6.45) is 0.984. The molecule has 24 heavy (non-hydrogen) atoms. The molecule has 0 aromatic heterocycles. The molecule has 0 aliphatic carbocycles. The minimum Gasteiger partial charge on any atom is -0.484 e. The SMILES string of the molecule is CCc1ccc(CN(C)C(=O)COc2ccc([N+](=O)[O-])cc2)cc1. The van der Waals surface area contributed by atoms with Gasteiger partial charge in [0.25, 0.3) is 11.6 Å². The first-order valence-electron chi connectivity index (χ1n) is 7.68. The number of carbonyl (C=O) groups excluding carboxylic acids is 1. The molecule has 0 unspecified atom stereocenters. The Balaban J connectivity index is 1.85. The fraction of sp³-hybridized carbons (Fsp3) is 0.278. The van der Waals surface area contributed by atoms with Gasteiger partial charge in [-0.1, -0.05) is 31.2 Å². The Morgan fingerprint density at radius 3 is 2.21 bits per heavy atom. The van der Waals surface area contributed by atoms with Crippen LogP contribution in [0.2, 0.25) is 0 Å². The van der Waals surface area contributed by atoms with E-state index in [1.807, 2.05) is 12.1 Å². The third-order valence-electron chi connectivity index (χ3n) is 3.69. The molecule has 0 aliphatic heterocycles. The van der Waals surface area contributed by atoms with Crippen LogP contribution >= 0.6 is 0 Å². The molecular weight excluding hydrogens is 308 g/mol. The van der Waals surface area contributed by atoms with Crippen LogP contribution in [0.3, 0.4) is 0 Å². The number of aryl methyl sites for hydroxylation is 1. The minimum absolute atomic E-state index is 0.0127. The van der Waals surface area contributed by atoms with Gasteiger partial charge in [-0.3, -0.25) is 14.9 Å². The molecule has 2 aromatic rings. The zero-order chi connectivity index (χ0) is 17.5. The lowest BCUT2D eigenvalue weighted by molar-refractivity contribution is -0.384. The Kier molecular flexibility index (Phi) is 5.89. The Hall–Kier alpha value is -2.89. The molecule has 2 rings (SSSR count). The van der Waals surface area contributed by atoms with Gasteiger partial charge in [-0.25, -0.2) is 0 Å². The van der Waals surface area contributed by atoms with Crippen molar-refractivity contribution in [2.75, 3.05) is 13.7 Å². The van der Waals surface area contributed by atoms with Gasteiger partial charge in [0.15, 0.2) is 6.61 Å². The van der Waals surface area contributed by atoms with Crippen molar-refractivity contribution in [3.63, 3.8) is 0 Å². The summed E-state index contributed by atoms with van der Waals surface area (Å²) in [6.45, 7) is 2.49. The van der Waals surface area contributed by atoms with Gasteiger partial charge >= 0.3 is 0 Å². The summed E-state index contributed by atoms with van der Waals surface area (Å²) in [6, 6.07) is 13.8. The van der Waals surface area contributed by atoms with E-state index in [4.69, 9.17) is 4.74 Å². The van der Waals surface area contributed by atoms with E-state index in [0.717, 1.165) is 12.0 Å². The fourth-order valence-corrected chi connectivity index (χ4v) is 2.16. The largest absolute Gasteiger partial charge is 0.484 e. The van der Waals surface area contributed by atoms with Crippen molar-refractivity contribution in [1.82, 2.24) is 4.90 Å². The van der Waals surface area contributed by atoms with Gasteiger partial charge in [0.05, 0.1) is 4.92 Å². The van der Waals surface area contributed by atoms with Crippen LogP contribution in [-0.4, -0.2) is 29.4 Å². The van der Waals surface area contributed by atoms with Crippen LogP contribution in [0.1, 0.15) is 18.1 Å². The first-order chi connectivity index (χ1) is 11.5. The van der Waals surface area contributed by atoms with E-state index in [9.17, 15) is 14.9 Å². The molecule has 0 aliphatic rings. The van der Waals surface area contributed by atoms with E-state index in [-0.39, 0.29) is 18.2 Å². The topological polar surface area (TPSA) is 72.7 Å². The predicted molar refractivity (Wildman–Crippen MR) is 90.9 cm³/mol. The van der Waals surface area contributed by atoms with Gasteiger partial charge in [-0.15, -0.1) is 0 Å². The van der Waals surface area contributed by atoms with E-state index in [0.29, 0.717) is 12.3 Å². The number of nitrogens with zero attached hydrogens (tertiary/aromatic N) is 2. The van der Waals surface area contributed by atoms with Crippen LogP contribution in [0, 0.1) is 10.1 Å². The highest BCUT2D eigenvalue weighted by Gasteiger charge is 2.11. The van der Waals surface area contributed by atoms with Crippen LogP contribution in [0.5, 0.6) is 5.75 Å². The van der Waals surface area contributed by atoms with E-state index in [2.05, 4.69) is 19.1 Å². The zero-order valence-electron chi connectivity index (χ0n) is 13.8. The second-order valence-electron chi connectivity index (χ2n) is 5.46. The van der Waals surface area contributed by atoms with E-state index >= 15 is 0 Å². The van der Waals surface area contributed by atoms with Gasteiger partial charge in [-0.2, -0.15) is 0 Å². The van der Waals surface area contributed by atoms with E-state index < -0.39 is 4.92 Å². The molecule has 0 heterocycles. The van der Waals surface area contributed by atoms with Crippen LogP contribution in [0.25, 0.3) is 0 Å². The highest BCUT2D eigenvalue weighted by molar-refractivity contribution is 5.77. The van der Waals surface area contributed by atoms with Crippen LogP contribution in [0.4, 0.5) is 5.69 Å². The lowest BCUT2D eigenvalue weighted by Gasteiger charge is -2.17. The summed E-state index contributed by atoms with van der Waals surface area (Å²) in [7, 11) is 1.72. The van der Waals surface area contributed by atoms with Crippen molar-refractivity contribution in [2.45, 2.75) is 19.9 Å². The minimum atomic E-state index is -0.480. The van der Waals surface area contributed by atoms with Crippen molar-refractivity contribution < 1.29 is 14.5 Å². The Labute approximate surface area is 140 Å². The summed E-state index contributed by atoms with van der Waals surface area (Å²) >= 11 is 0. The molecule has 6 nitrogen and oxygen atoms in total. The molecule has 6 heteroatoms. The number of likely N-dealkylation sites (N-methyl/N-ethyl adjacent to an activating group) is 1. The molecule has 0 saturated heterocycles. The molecule has 0 spiro atoms. The average Bonchev–Trinajstić information content (AvgIpc) is 2.60. The van der Waals surface area contributed by atoms with Crippen molar-refractivity contribution in [3.8, 4) is 5.75 Å². The summed E-state index contributed by atoms with van der Waals surface area (Å²) < 4.78 is 5.38. The first kappa shape index (κ1) is 17.5. The predicted octanol–water partition coefficient (Wildman–Crippen LogP) is 3.19. The monoisotopic (exact) mass is 328 g/mol. The Morgan fingerprint density at radius 1 is 1.08 bits per heavy atom. The van der Waals surface area contributed by atoms with Crippen LogP contribution in [0.15, 0.2) is 48.5 Å². The van der Waals surface area contributed by atoms with Crippen molar-refractivity contribution in [3.05, 3.63) is 69.8 Å². The molecular formula is C18H20N2O4. The normalized spacial score (nSPS) is 10.2. The van der Waals surface area contributed by atoms with Crippen molar-refractivity contribution in [2.24, 2.45) is 0 Å². The third-order valence-corrected chi connectivity index (χ3v) is 3.69. The average molecular weight is 328 g/mol. The maximum absolute atomic E-state index is 12.1. The lowest BCUT2D eigenvalue weighted by Crippen LogP contribution is -2.30. The second kappa shape index (κ2) is 8.10. The van der Waals surface area contributed by atoms with Crippen LogP contribution < -0.4 is 4.74 Å². The highest BCUT2D eigenvalue weighted by Crippen LogP contribution is 2.17. The van der Waals surface area contributed by atoms with Crippen LogP contribution in [-0.2, 0) is 17.8 Å². The fourth-order valence-electron chi connectivity index (χ4n) is 2.16. The summed E-state index contributed by atoms with van der Waals surface area (Å²) in [4.78, 5) is 23.8. The lowest BCUT2D eigenvalue weighted by atomic mass is 10.1. The standard InChI is InChI=1S/C18H20N2O4/c1-3-14-4-6-15(7-5-14)12-19(2)18(21)13-24-17-10-8-16(9-11-17)20(22)23/h4-11H,3,12-13H2,1-2H3. The summed E-state index contributed by atoms with van der Waals surface area (Å²) in [5, 5.41) is 10.6. The summed E-state index contributed by atoms with van der Waals surface area (Å²) in [5.41, 5.74) is 2.30. The number of nitro benzene ring substituents is 1.